The van der Waals surface area contributed by atoms with Crippen LogP contribution in [0.4, 0.5) is 0 Å². The first-order valence-electron chi connectivity index (χ1n) is 9.93. The summed E-state index contributed by atoms with van der Waals surface area (Å²) in [5, 5.41) is 0. The van der Waals surface area contributed by atoms with Crippen molar-refractivity contribution in [1.82, 2.24) is 9.80 Å². The number of likely N-dealkylation sites (tertiary alicyclic amines) is 2. The lowest BCUT2D eigenvalue weighted by Gasteiger charge is -2.45. The molecule has 0 aliphatic carbocycles. The van der Waals surface area contributed by atoms with Crippen molar-refractivity contribution in [2.75, 3.05) is 39.3 Å². The monoisotopic (exact) mass is 346 g/mol. The number of rotatable bonds is 3. The highest BCUT2D eigenvalue weighted by atomic mass is 16.5. The van der Waals surface area contributed by atoms with Gasteiger partial charge in [0, 0.05) is 39.3 Å². The Kier molecular flexibility index (Phi) is 5.13. The second-order valence-electron chi connectivity index (χ2n) is 8.00. The number of furan rings is 1. The van der Waals surface area contributed by atoms with Crippen LogP contribution in [-0.4, -0.2) is 60.6 Å². The molecule has 5 heteroatoms. The van der Waals surface area contributed by atoms with E-state index in [0.29, 0.717) is 11.7 Å². The number of carbonyl (C=O) groups excluding carboxylic acids is 1. The lowest BCUT2D eigenvalue weighted by molar-refractivity contribution is -0.112. The standard InChI is InChI=1S/C20H30N2O3/c23-19(18-4-3-14-24-18)22-10-5-17(6-11-22)16-21-12-8-20(9-13-21)7-1-2-15-25-20/h3-4,14,17H,1-2,5-13,15-16H2. The molecule has 3 aliphatic rings. The minimum absolute atomic E-state index is 0.0396. The molecule has 3 aliphatic heterocycles. The SMILES string of the molecule is O=C(c1ccco1)N1CCC(CN2CCC3(CCCCO3)CC2)CC1. The van der Waals surface area contributed by atoms with Gasteiger partial charge in [-0.15, -0.1) is 0 Å². The van der Waals surface area contributed by atoms with E-state index in [4.69, 9.17) is 9.15 Å². The van der Waals surface area contributed by atoms with E-state index in [9.17, 15) is 4.79 Å². The topological polar surface area (TPSA) is 45.9 Å². The molecule has 4 heterocycles. The van der Waals surface area contributed by atoms with E-state index in [-0.39, 0.29) is 11.5 Å². The van der Waals surface area contributed by atoms with Gasteiger partial charge < -0.3 is 19.0 Å². The van der Waals surface area contributed by atoms with Gasteiger partial charge in [0.25, 0.3) is 5.91 Å². The molecule has 0 radical (unpaired) electrons. The molecule has 0 unspecified atom stereocenters. The van der Waals surface area contributed by atoms with Crippen molar-refractivity contribution < 1.29 is 13.9 Å². The Morgan fingerprint density at radius 1 is 1.12 bits per heavy atom. The Hall–Kier alpha value is -1.33. The molecule has 0 N–H and O–H groups in total. The summed E-state index contributed by atoms with van der Waals surface area (Å²) < 4.78 is 11.4. The van der Waals surface area contributed by atoms with Crippen LogP contribution in [0.2, 0.25) is 0 Å². The minimum atomic E-state index is 0.0396. The molecule has 25 heavy (non-hydrogen) atoms. The summed E-state index contributed by atoms with van der Waals surface area (Å²) in [4.78, 5) is 16.9. The van der Waals surface area contributed by atoms with E-state index in [0.717, 1.165) is 32.5 Å². The number of piperidine rings is 2. The number of hydrogen-bond donors (Lipinski definition) is 0. The lowest BCUT2D eigenvalue weighted by Crippen LogP contribution is -2.49. The molecular formula is C20H30N2O3. The molecular weight excluding hydrogens is 316 g/mol. The van der Waals surface area contributed by atoms with Crippen molar-refractivity contribution in [2.24, 2.45) is 5.92 Å². The zero-order valence-corrected chi connectivity index (χ0v) is 15.1. The highest BCUT2D eigenvalue weighted by molar-refractivity contribution is 5.91. The van der Waals surface area contributed by atoms with Gasteiger partial charge in [-0.2, -0.15) is 0 Å². The zero-order chi connectivity index (χ0) is 17.1. The summed E-state index contributed by atoms with van der Waals surface area (Å²) in [5.41, 5.74) is 0.202. The van der Waals surface area contributed by atoms with Crippen LogP contribution in [0.3, 0.4) is 0 Å². The fraction of sp³-hybridized carbons (Fsp3) is 0.750. The summed E-state index contributed by atoms with van der Waals surface area (Å²) in [5.74, 6) is 1.21. The Balaban J connectivity index is 1.21. The molecule has 138 valence electrons. The van der Waals surface area contributed by atoms with E-state index in [1.807, 2.05) is 4.90 Å². The number of ether oxygens (including phenoxy) is 1. The third-order valence-electron chi connectivity index (χ3n) is 6.35. The molecule has 4 rings (SSSR count). The van der Waals surface area contributed by atoms with Crippen LogP contribution < -0.4 is 0 Å². The van der Waals surface area contributed by atoms with Gasteiger partial charge in [0.2, 0.25) is 0 Å². The minimum Gasteiger partial charge on any atom is -0.459 e. The molecule has 3 saturated heterocycles. The van der Waals surface area contributed by atoms with Gasteiger partial charge in [0.1, 0.15) is 0 Å². The predicted molar refractivity (Wildman–Crippen MR) is 95.5 cm³/mol. The van der Waals surface area contributed by atoms with Gasteiger partial charge in [-0.1, -0.05) is 0 Å². The fourth-order valence-electron chi connectivity index (χ4n) is 4.69. The third kappa shape index (κ3) is 3.93. The average molecular weight is 346 g/mol. The summed E-state index contributed by atoms with van der Waals surface area (Å²) >= 11 is 0. The van der Waals surface area contributed by atoms with E-state index >= 15 is 0 Å². The van der Waals surface area contributed by atoms with Crippen molar-refractivity contribution in [3.05, 3.63) is 24.2 Å². The van der Waals surface area contributed by atoms with Crippen molar-refractivity contribution in [1.29, 1.82) is 0 Å². The molecule has 3 fully saturated rings. The summed E-state index contributed by atoms with van der Waals surface area (Å²) in [6.07, 6.45) is 10.00. The molecule has 1 aromatic heterocycles. The maximum atomic E-state index is 12.3. The van der Waals surface area contributed by atoms with Crippen LogP contribution in [0.25, 0.3) is 0 Å². The van der Waals surface area contributed by atoms with Gasteiger partial charge in [0.15, 0.2) is 5.76 Å². The molecule has 0 atom stereocenters. The summed E-state index contributed by atoms with van der Waals surface area (Å²) in [6.45, 7) is 6.19. The van der Waals surface area contributed by atoms with Crippen LogP contribution in [0, 0.1) is 5.92 Å². The Labute approximate surface area is 150 Å². The lowest BCUT2D eigenvalue weighted by atomic mass is 9.84. The number of amides is 1. The van der Waals surface area contributed by atoms with E-state index in [1.54, 1.807) is 18.4 Å². The van der Waals surface area contributed by atoms with Gasteiger partial charge in [-0.25, -0.2) is 0 Å². The maximum Gasteiger partial charge on any atom is 0.289 e. The number of hydrogen-bond acceptors (Lipinski definition) is 4. The van der Waals surface area contributed by atoms with Crippen molar-refractivity contribution in [3.63, 3.8) is 0 Å². The molecule has 0 aromatic carbocycles. The maximum absolute atomic E-state index is 12.3. The molecule has 1 spiro atoms. The molecule has 0 saturated carbocycles. The van der Waals surface area contributed by atoms with E-state index < -0.39 is 0 Å². The second kappa shape index (κ2) is 7.50. The molecule has 5 nitrogen and oxygen atoms in total. The highest BCUT2D eigenvalue weighted by Crippen LogP contribution is 2.35. The average Bonchev–Trinajstić information content (AvgIpc) is 3.19. The van der Waals surface area contributed by atoms with Crippen LogP contribution in [-0.2, 0) is 4.74 Å². The molecule has 0 bridgehead atoms. The smallest absolute Gasteiger partial charge is 0.289 e. The highest BCUT2D eigenvalue weighted by Gasteiger charge is 2.37. The first-order chi connectivity index (χ1) is 12.2. The van der Waals surface area contributed by atoms with Crippen LogP contribution in [0.5, 0.6) is 0 Å². The molecule has 1 aromatic rings. The molecule has 1 amide bonds. The van der Waals surface area contributed by atoms with Crippen LogP contribution in [0.15, 0.2) is 22.8 Å². The van der Waals surface area contributed by atoms with Crippen molar-refractivity contribution in [3.8, 4) is 0 Å². The normalized spacial score (nSPS) is 25.4. The predicted octanol–water partition coefficient (Wildman–Crippen LogP) is 3.17. The zero-order valence-electron chi connectivity index (χ0n) is 15.1. The Morgan fingerprint density at radius 3 is 2.56 bits per heavy atom. The van der Waals surface area contributed by atoms with E-state index in [1.165, 1.54) is 51.7 Å². The summed E-state index contributed by atoms with van der Waals surface area (Å²) in [6, 6.07) is 3.53. The van der Waals surface area contributed by atoms with Crippen molar-refractivity contribution in [2.45, 2.75) is 50.5 Å². The Morgan fingerprint density at radius 2 is 1.92 bits per heavy atom. The fourth-order valence-corrected chi connectivity index (χ4v) is 4.69. The van der Waals surface area contributed by atoms with E-state index in [2.05, 4.69) is 4.90 Å². The van der Waals surface area contributed by atoms with Gasteiger partial charge in [-0.3, -0.25) is 4.79 Å². The quantitative estimate of drug-likeness (QED) is 0.843. The number of nitrogens with zero attached hydrogens (tertiary/aromatic N) is 2. The van der Waals surface area contributed by atoms with Gasteiger partial charge in [-0.05, 0) is 63.0 Å². The van der Waals surface area contributed by atoms with Crippen molar-refractivity contribution >= 4 is 5.91 Å². The Bertz CT molecular complexity index is 548. The van der Waals surface area contributed by atoms with Gasteiger partial charge in [0.05, 0.1) is 11.9 Å². The second-order valence-corrected chi connectivity index (χ2v) is 8.00. The van der Waals surface area contributed by atoms with Gasteiger partial charge >= 0.3 is 0 Å². The first kappa shape index (κ1) is 17.1. The largest absolute Gasteiger partial charge is 0.459 e. The summed E-state index contributed by atoms with van der Waals surface area (Å²) in [7, 11) is 0. The van der Waals surface area contributed by atoms with Crippen LogP contribution in [0.1, 0.15) is 55.5 Å². The number of carbonyl (C=O) groups is 1. The third-order valence-corrected chi connectivity index (χ3v) is 6.35. The first-order valence-corrected chi connectivity index (χ1v) is 9.93. The van der Waals surface area contributed by atoms with Crippen LogP contribution >= 0.6 is 0 Å².